The maximum absolute atomic E-state index is 12.6. The smallest absolute Gasteiger partial charge is 0.287 e. The molecule has 0 saturated carbocycles. The lowest BCUT2D eigenvalue weighted by Gasteiger charge is -2.13. The summed E-state index contributed by atoms with van der Waals surface area (Å²) < 4.78 is 7.89. The molecule has 0 bridgehead atoms. The molecule has 1 saturated heterocycles. The fraction of sp³-hybridized carbons (Fsp3) is 0.600. The van der Waals surface area contributed by atoms with Crippen molar-refractivity contribution in [3.05, 3.63) is 40.6 Å². The normalized spacial score (nSPS) is 16.4. The number of nitrogens with zero attached hydrogens (tertiary/aromatic N) is 3. The van der Waals surface area contributed by atoms with Gasteiger partial charge in [0, 0.05) is 31.6 Å². The van der Waals surface area contributed by atoms with Crippen LogP contribution in [-0.2, 0) is 32.6 Å². The number of carbonyl (C=O) groups is 1. The number of fused-ring (bicyclic) bond motifs is 1. The number of amides is 1. The lowest BCUT2D eigenvalue weighted by atomic mass is 10.2. The molecular formula is C20H31Cl2N5O2. The minimum atomic E-state index is -0.168. The van der Waals surface area contributed by atoms with E-state index in [0.717, 1.165) is 69.1 Å². The summed E-state index contributed by atoms with van der Waals surface area (Å²) in [5, 5.41) is 10.9. The Morgan fingerprint density at radius 3 is 2.76 bits per heavy atom. The van der Waals surface area contributed by atoms with Gasteiger partial charge in [0.05, 0.1) is 17.9 Å². The summed E-state index contributed by atoms with van der Waals surface area (Å²) >= 11 is 0. The van der Waals surface area contributed by atoms with E-state index in [1.165, 1.54) is 18.5 Å². The van der Waals surface area contributed by atoms with Crippen LogP contribution in [0.5, 0.6) is 0 Å². The molecule has 0 aromatic carbocycles. The summed E-state index contributed by atoms with van der Waals surface area (Å²) in [5.74, 6) is 1.16. The van der Waals surface area contributed by atoms with Gasteiger partial charge >= 0.3 is 0 Å². The Labute approximate surface area is 184 Å². The number of furan rings is 1. The van der Waals surface area contributed by atoms with Gasteiger partial charge in [-0.25, -0.2) is 0 Å². The van der Waals surface area contributed by atoms with Gasteiger partial charge in [-0.2, -0.15) is 5.10 Å². The first-order valence-corrected chi connectivity index (χ1v) is 10.1. The predicted octanol–water partition coefficient (Wildman–Crippen LogP) is 2.90. The Bertz CT molecular complexity index is 775. The van der Waals surface area contributed by atoms with Crippen LogP contribution < -0.4 is 10.6 Å². The highest BCUT2D eigenvalue weighted by Crippen LogP contribution is 2.21. The molecule has 9 heteroatoms. The number of hydrogen-bond donors (Lipinski definition) is 2. The molecule has 2 aromatic rings. The zero-order valence-corrected chi connectivity index (χ0v) is 18.5. The minimum absolute atomic E-state index is 0. The van der Waals surface area contributed by atoms with Crippen molar-refractivity contribution in [1.82, 2.24) is 25.3 Å². The van der Waals surface area contributed by atoms with Crippen LogP contribution in [0.4, 0.5) is 0 Å². The average Bonchev–Trinajstić information content (AvgIpc) is 3.38. The highest BCUT2D eigenvalue weighted by molar-refractivity contribution is 5.91. The number of aryl methyl sites for hydroxylation is 2. The maximum Gasteiger partial charge on any atom is 0.287 e. The monoisotopic (exact) mass is 443 g/mol. The third-order valence-corrected chi connectivity index (χ3v) is 5.41. The minimum Gasteiger partial charge on any atom is -0.456 e. The Kier molecular flexibility index (Phi) is 9.02. The van der Waals surface area contributed by atoms with E-state index in [-0.39, 0.29) is 30.7 Å². The molecule has 0 atom stereocenters. The fourth-order valence-corrected chi connectivity index (χ4v) is 3.96. The van der Waals surface area contributed by atoms with Gasteiger partial charge in [0.2, 0.25) is 0 Å². The number of hydrogen-bond acceptors (Lipinski definition) is 5. The molecule has 4 rings (SSSR count). The number of rotatable bonds is 6. The SMILES string of the molecule is CCc1oc(C(=O)NCc2cc3n(n2)CCCNC3)cc1CN1CCCC1.Cl.Cl. The molecule has 1 fully saturated rings. The van der Waals surface area contributed by atoms with Crippen LogP contribution in [0, 0.1) is 0 Å². The molecule has 1 amide bonds. The third-order valence-electron chi connectivity index (χ3n) is 5.41. The van der Waals surface area contributed by atoms with Crippen molar-refractivity contribution in [2.75, 3.05) is 19.6 Å². The van der Waals surface area contributed by atoms with Gasteiger partial charge in [0.15, 0.2) is 5.76 Å². The fourth-order valence-electron chi connectivity index (χ4n) is 3.96. The maximum atomic E-state index is 12.6. The number of likely N-dealkylation sites (tertiary alicyclic amines) is 1. The van der Waals surface area contributed by atoms with Crippen molar-refractivity contribution < 1.29 is 9.21 Å². The number of halogens is 2. The van der Waals surface area contributed by atoms with Crippen molar-refractivity contribution in [3.63, 3.8) is 0 Å². The Hall–Kier alpha value is -1.54. The summed E-state index contributed by atoms with van der Waals surface area (Å²) in [5.41, 5.74) is 3.21. The topological polar surface area (TPSA) is 75.3 Å². The van der Waals surface area contributed by atoms with E-state index in [1.807, 2.05) is 10.7 Å². The van der Waals surface area contributed by atoms with E-state index < -0.39 is 0 Å². The van der Waals surface area contributed by atoms with Gasteiger partial charge < -0.3 is 15.1 Å². The Balaban J connectivity index is 0.00000150. The van der Waals surface area contributed by atoms with Crippen LogP contribution in [0.2, 0.25) is 0 Å². The van der Waals surface area contributed by atoms with Crippen molar-refractivity contribution in [3.8, 4) is 0 Å². The zero-order chi connectivity index (χ0) is 18.6. The largest absolute Gasteiger partial charge is 0.456 e. The molecule has 29 heavy (non-hydrogen) atoms. The number of nitrogens with one attached hydrogen (secondary N) is 2. The molecule has 0 spiro atoms. The molecule has 162 valence electrons. The van der Waals surface area contributed by atoms with Crippen molar-refractivity contribution >= 4 is 30.7 Å². The summed E-state index contributed by atoms with van der Waals surface area (Å²) in [7, 11) is 0. The number of aromatic nitrogens is 2. The van der Waals surface area contributed by atoms with E-state index in [2.05, 4.69) is 33.6 Å². The van der Waals surface area contributed by atoms with E-state index in [1.54, 1.807) is 0 Å². The number of carbonyl (C=O) groups excluding carboxylic acids is 1. The van der Waals surface area contributed by atoms with Gasteiger partial charge in [-0.05, 0) is 51.0 Å². The standard InChI is InChI=1S/C20H29N5O2.2ClH/c1-2-18-15(14-24-7-3-4-8-24)10-19(27-18)20(26)22-12-16-11-17-13-21-6-5-9-25(17)23-16;;/h10-11,21H,2-9,12-14H2,1H3,(H,22,26);2*1H. The molecule has 0 unspecified atom stereocenters. The molecule has 2 aromatic heterocycles. The second kappa shape index (κ2) is 11.0. The van der Waals surface area contributed by atoms with Crippen LogP contribution in [-0.4, -0.2) is 40.2 Å². The Morgan fingerprint density at radius 2 is 2.00 bits per heavy atom. The van der Waals surface area contributed by atoms with Crippen molar-refractivity contribution in [2.45, 2.75) is 58.8 Å². The van der Waals surface area contributed by atoms with Crippen molar-refractivity contribution in [1.29, 1.82) is 0 Å². The van der Waals surface area contributed by atoms with Gasteiger partial charge in [-0.1, -0.05) is 6.92 Å². The lowest BCUT2D eigenvalue weighted by Crippen LogP contribution is -2.22. The van der Waals surface area contributed by atoms with Crippen LogP contribution in [0.25, 0.3) is 0 Å². The third kappa shape index (κ3) is 5.75. The molecule has 2 N–H and O–H groups in total. The van der Waals surface area contributed by atoms with Gasteiger partial charge in [0.25, 0.3) is 5.91 Å². The second-order valence-electron chi connectivity index (χ2n) is 7.46. The van der Waals surface area contributed by atoms with E-state index in [0.29, 0.717) is 12.3 Å². The lowest BCUT2D eigenvalue weighted by molar-refractivity contribution is 0.0921. The predicted molar refractivity (Wildman–Crippen MR) is 117 cm³/mol. The molecule has 7 nitrogen and oxygen atoms in total. The molecule has 0 radical (unpaired) electrons. The van der Waals surface area contributed by atoms with E-state index in [9.17, 15) is 4.79 Å². The van der Waals surface area contributed by atoms with E-state index in [4.69, 9.17) is 4.42 Å². The summed E-state index contributed by atoms with van der Waals surface area (Å²) in [6, 6.07) is 3.98. The average molecular weight is 444 g/mol. The zero-order valence-electron chi connectivity index (χ0n) is 16.9. The molecule has 2 aliphatic heterocycles. The van der Waals surface area contributed by atoms with Gasteiger partial charge in [0.1, 0.15) is 5.76 Å². The molecule has 0 aliphatic carbocycles. The first-order chi connectivity index (χ1) is 13.2. The first kappa shape index (κ1) is 23.7. The molecular weight excluding hydrogens is 413 g/mol. The van der Waals surface area contributed by atoms with Gasteiger partial charge in [-0.3, -0.25) is 14.4 Å². The van der Waals surface area contributed by atoms with Crippen LogP contribution in [0.3, 0.4) is 0 Å². The first-order valence-electron chi connectivity index (χ1n) is 10.1. The summed E-state index contributed by atoms with van der Waals surface area (Å²) in [6.07, 6.45) is 4.40. The van der Waals surface area contributed by atoms with Gasteiger partial charge in [-0.15, -0.1) is 24.8 Å². The summed E-state index contributed by atoms with van der Waals surface area (Å²) in [6.45, 7) is 8.41. The summed E-state index contributed by atoms with van der Waals surface area (Å²) in [4.78, 5) is 15.0. The highest BCUT2D eigenvalue weighted by atomic mass is 35.5. The van der Waals surface area contributed by atoms with Crippen molar-refractivity contribution in [2.24, 2.45) is 0 Å². The van der Waals surface area contributed by atoms with Crippen LogP contribution in [0.15, 0.2) is 16.5 Å². The van der Waals surface area contributed by atoms with E-state index >= 15 is 0 Å². The molecule has 2 aliphatic rings. The highest BCUT2D eigenvalue weighted by Gasteiger charge is 2.20. The quantitative estimate of drug-likeness (QED) is 0.717. The second-order valence-corrected chi connectivity index (χ2v) is 7.46. The van der Waals surface area contributed by atoms with Crippen LogP contribution in [0.1, 0.15) is 59.5 Å². The Morgan fingerprint density at radius 1 is 1.21 bits per heavy atom. The van der Waals surface area contributed by atoms with Crippen LogP contribution >= 0.6 is 24.8 Å². The molecule has 4 heterocycles.